The Morgan fingerprint density at radius 1 is 1.61 bits per heavy atom. The average molecular weight is 276 g/mol. The van der Waals surface area contributed by atoms with Crippen LogP contribution in [0, 0.1) is 5.82 Å². The lowest BCUT2D eigenvalue weighted by molar-refractivity contribution is 0.312. The molecule has 1 heterocycles. The van der Waals surface area contributed by atoms with Crippen molar-refractivity contribution in [2.24, 2.45) is 10.9 Å². The number of aromatic nitrogens is 1. The number of amidine groups is 1. The van der Waals surface area contributed by atoms with Gasteiger partial charge in [-0.3, -0.25) is 0 Å². The monoisotopic (exact) mass is 276 g/mol. The average Bonchev–Trinajstić information content (AvgIpc) is 2.26. The van der Waals surface area contributed by atoms with Gasteiger partial charge >= 0.3 is 0 Å². The molecule has 0 fully saturated rings. The van der Waals surface area contributed by atoms with E-state index in [9.17, 15) is 12.8 Å². The molecule has 4 N–H and O–H groups in total. The second-order valence-electron chi connectivity index (χ2n) is 4.01. The summed E-state index contributed by atoms with van der Waals surface area (Å²) in [6, 6.07) is 2.24. The van der Waals surface area contributed by atoms with E-state index in [2.05, 4.69) is 14.9 Å². The molecule has 0 aliphatic heterocycles. The van der Waals surface area contributed by atoms with Gasteiger partial charge in [0.2, 0.25) is 5.03 Å². The van der Waals surface area contributed by atoms with Crippen LogP contribution in [0.2, 0.25) is 0 Å². The number of sulfonamides is 1. The fourth-order valence-electron chi connectivity index (χ4n) is 1.13. The first-order chi connectivity index (χ1) is 8.20. The van der Waals surface area contributed by atoms with Gasteiger partial charge in [-0.25, -0.2) is 17.8 Å². The van der Waals surface area contributed by atoms with Crippen LogP contribution in [-0.2, 0) is 10.0 Å². The molecule has 9 heteroatoms. The molecule has 18 heavy (non-hydrogen) atoms. The normalized spacial score (nSPS) is 13.6. The van der Waals surface area contributed by atoms with Crippen LogP contribution < -0.4 is 10.5 Å². The molecule has 1 aromatic rings. The first-order valence-corrected chi connectivity index (χ1v) is 6.31. The van der Waals surface area contributed by atoms with Crippen LogP contribution in [0.5, 0.6) is 0 Å². The zero-order chi connectivity index (χ0) is 14.0. The summed E-state index contributed by atoms with van der Waals surface area (Å²) >= 11 is 0. The van der Waals surface area contributed by atoms with E-state index in [0.717, 1.165) is 12.3 Å². The lowest BCUT2D eigenvalue weighted by Gasteiger charge is -2.23. The zero-order valence-electron chi connectivity index (χ0n) is 9.75. The molecule has 0 saturated carbocycles. The number of nitrogens with two attached hydrogens (primary N) is 1. The van der Waals surface area contributed by atoms with Crippen molar-refractivity contribution in [1.82, 2.24) is 9.71 Å². The minimum atomic E-state index is -4.21. The van der Waals surface area contributed by atoms with Gasteiger partial charge < -0.3 is 10.9 Å². The van der Waals surface area contributed by atoms with E-state index in [-0.39, 0.29) is 5.84 Å². The van der Waals surface area contributed by atoms with Gasteiger partial charge in [-0.1, -0.05) is 5.16 Å². The van der Waals surface area contributed by atoms with Crippen LogP contribution in [0.25, 0.3) is 0 Å². The van der Waals surface area contributed by atoms with Crippen LogP contribution in [0.1, 0.15) is 13.8 Å². The lowest BCUT2D eigenvalue weighted by Crippen LogP contribution is -2.53. The van der Waals surface area contributed by atoms with E-state index < -0.39 is 26.4 Å². The number of nitrogens with zero attached hydrogens (tertiary/aromatic N) is 2. The molecule has 0 unspecified atom stereocenters. The Bertz CT molecular complexity index is 571. The van der Waals surface area contributed by atoms with Crippen molar-refractivity contribution in [2.45, 2.75) is 24.4 Å². The molecule has 0 bridgehead atoms. The smallest absolute Gasteiger partial charge is 0.261 e. The van der Waals surface area contributed by atoms with Crippen molar-refractivity contribution >= 4 is 15.9 Å². The van der Waals surface area contributed by atoms with Gasteiger partial charge in [0.25, 0.3) is 10.0 Å². The zero-order valence-corrected chi connectivity index (χ0v) is 10.6. The molecule has 0 saturated heterocycles. The SMILES string of the molecule is CC(C)(NS(=O)(=O)c1ncccc1F)/C(N)=N/O. The topological polar surface area (TPSA) is 118 Å². The Balaban J connectivity index is 3.15. The third-order valence-corrected chi connectivity index (χ3v) is 3.71. The maximum absolute atomic E-state index is 13.4. The van der Waals surface area contributed by atoms with Gasteiger partial charge in [0.15, 0.2) is 11.7 Å². The van der Waals surface area contributed by atoms with Crippen molar-refractivity contribution in [3.05, 3.63) is 24.1 Å². The summed E-state index contributed by atoms with van der Waals surface area (Å²) < 4.78 is 39.2. The summed E-state index contributed by atoms with van der Waals surface area (Å²) in [4.78, 5) is 3.45. The molecule has 0 aromatic carbocycles. The minimum absolute atomic E-state index is 0.359. The van der Waals surface area contributed by atoms with Crippen LogP contribution >= 0.6 is 0 Å². The first-order valence-electron chi connectivity index (χ1n) is 4.83. The quantitative estimate of drug-likeness (QED) is 0.310. The van der Waals surface area contributed by atoms with Gasteiger partial charge in [0.05, 0.1) is 5.54 Å². The highest BCUT2D eigenvalue weighted by Gasteiger charge is 2.32. The molecule has 1 aromatic heterocycles. The highest BCUT2D eigenvalue weighted by Crippen LogP contribution is 2.14. The van der Waals surface area contributed by atoms with E-state index in [1.807, 2.05) is 0 Å². The molecule has 0 aliphatic rings. The van der Waals surface area contributed by atoms with E-state index in [1.54, 1.807) is 0 Å². The Morgan fingerprint density at radius 2 is 2.22 bits per heavy atom. The van der Waals surface area contributed by atoms with Crippen molar-refractivity contribution in [3.8, 4) is 0 Å². The fraction of sp³-hybridized carbons (Fsp3) is 0.333. The van der Waals surface area contributed by atoms with Gasteiger partial charge in [0, 0.05) is 6.20 Å². The maximum atomic E-state index is 13.4. The molecule has 0 amide bonds. The Labute approximate surface area is 104 Å². The predicted molar refractivity (Wildman–Crippen MR) is 62.0 cm³/mol. The highest BCUT2D eigenvalue weighted by molar-refractivity contribution is 7.89. The molecule has 0 atom stereocenters. The molecule has 100 valence electrons. The summed E-state index contributed by atoms with van der Waals surface area (Å²) in [7, 11) is -4.21. The van der Waals surface area contributed by atoms with Crippen molar-refractivity contribution < 1.29 is 18.0 Å². The van der Waals surface area contributed by atoms with Gasteiger partial charge in [-0.2, -0.15) is 4.72 Å². The predicted octanol–water partition coefficient (Wildman–Crippen LogP) is 0.0240. The Kier molecular flexibility index (Phi) is 3.87. The summed E-state index contributed by atoms with van der Waals surface area (Å²) in [5, 5.41) is 10.5. The number of halogens is 1. The summed E-state index contributed by atoms with van der Waals surface area (Å²) in [5.41, 5.74) is 3.96. The third kappa shape index (κ3) is 2.93. The van der Waals surface area contributed by atoms with E-state index in [0.29, 0.717) is 0 Å². The number of nitrogens with one attached hydrogen (secondary N) is 1. The van der Waals surface area contributed by atoms with E-state index in [4.69, 9.17) is 10.9 Å². The van der Waals surface area contributed by atoms with E-state index >= 15 is 0 Å². The second kappa shape index (κ2) is 4.86. The van der Waals surface area contributed by atoms with Crippen molar-refractivity contribution in [1.29, 1.82) is 0 Å². The Hall–Kier alpha value is -1.74. The fourth-order valence-corrected chi connectivity index (χ4v) is 2.53. The van der Waals surface area contributed by atoms with Gasteiger partial charge in [-0.15, -0.1) is 0 Å². The first kappa shape index (κ1) is 14.3. The summed E-state index contributed by atoms with van der Waals surface area (Å²) in [5.74, 6) is -1.34. The van der Waals surface area contributed by atoms with Crippen LogP contribution in [0.3, 0.4) is 0 Å². The molecule has 1 rings (SSSR count). The highest BCUT2D eigenvalue weighted by atomic mass is 32.2. The van der Waals surface area contributed by atoms with Gasteiger partial charge in [-0.05, 0) is 26.0 Å². The number of rotatable bonds is 4. The number of pyridine rings is 1. The lowest BCUT2D eigenvalue weighted by atomic mass is 10.1. The number of hydrogen-bond donors (Lipinski definition) is 3. The van der Waals surface area contributed by atoms with Gasteiger partial charge in [0.1, 0.15) is 0 Å². The molecule has 0 spiro atoms. The largest absolute Gasteiger partial charge is 0.409 e. The molecule has 0 aliphatic carbocycles. The molecular formula is C9H13FN4O3S. The number of oxime groups is 1. The summed E-state index contributed by atoms with van der Waals surface area (Å²) in [6.07, 6.45) is 1.15. The van der Waals surface area contributed by atoms with Crippen LogP contribution in [0.15, 0.2) is 28.5 Å². The van der Waals surface area contributed by atoms with E-state index in [1.165, 1.54) is 19.9 Å². The molecule has 0 radical (unpaired) electrons. The molecule has 7 nitrogen and oxygen atoms in total. The van der Waals surface area contributed by atoms with Crippen LogP contribution in [0.4, 0.5) is 4.39 Å². The van der Waals surface area contributed by atoms with Crippen molar-refractivity contribution in [2.75, 3.05) is 0 Å². The maximum Gasteiger partial charge on any atom is 0.261 e. The van der Waals surface area contributed by atoms with Crippen LogP contribution in [-0.4, -0.2) is 30.0 Å². The second-order valence-corrected chi connectivity index (χ2v) is 5.60. The van der Waals surface area contributed by atoms with Crippen molar-refractivity contribution in [3.63, 3.8) is 0 Å². The molecular weight excluding hydrogens is 263 g/mol. The summed E-state index contributed by atoms with van der Waals surface area (Å²) in [6.45, 7) is 2.72. The standard InChI is InChI=1S/C9H13FN4O3S/c1-9(2,8(11)13-15)14-18(16,17)7-6(10)4-3-5-12-7/h3-5,14-15H,1-2H3,(H2,11,13). The minimum Gasteiger partial charge on any atom is -0.409 e. The Morgan fingerprint density at radius 3 is 2.72 bits per heavy atom. The third-order valence-electron chi connectivity index (χ3n) is 2.12. The number of hydrogen-bond acceptors (Lipinski definition) is 5.